The monoisotopic (exact) mass is 293 g/mol. The van der Waals surface area contributed by atoms with E-state index in [9.17, 15) is 9.90 Å². The van der Waals surface area contributed by atoms with E-state index in [1.807, 2.05) is 19.1 Å². The van der Waals surface area contributed by atoms with Gasteiger partial charge < -0.3 is 15.2 Å². The zero-order valence-electron chi connectivity index (χ0n) is 13.6. The number of amides is 1. The Bertz CT molecular complexity index is 469. The molecule has 0 fully saturated rings. The number of hydrogen-bond acceptors (Lipinski definition) is 3. The number of nitrogens with one attached hydrogen (secondary N) is 1. The molecule has 1 aromatic rings. The highest BCUT2D eigenvalue weighted by molar-refractivity contribution is 5.80. The number of rotatable bonds is 7. The number of ether oxygens (including phenoxy) is 1. The summed E-state index contributed by atoms with van der Waals surface area (Å²) in [6, 6.07) is 5.50. The Morgan fingerprint density at radius 3 is 2.48 bits per heavy atom. The molecule has 0 aliphatic heterocycles. The van der Waals surface area contributed by atoms with E-state index < -0.39 is 12.2 Å². The minimum atomic E-state index is -0.534. The lowest BCUT2D eigenvalue weighted by atomic mass is 10.1. The number of hydrogen-bond donors (Lipinski definition) is 2. The number of carbonyl (C=O) groups is 1. The number of aryl methyl sites for hydroxylation is 1. The Kier molecular flexibility index (Phi) is 6.69. The van der Waals surface area contributed by atoms with Gasteiger partial charge in [-0.3, -0.25) is 4.79 Å². The highest BCUT2D eigenvalue weighted by atomic mass is 16.5. The van der Waals surface area contributed by atoms with Crippen molar-refractivity contribution in [3.8, 4) is 5.75 Å². The molecule has 2 unspecified atom stereocenters. The third-order valence-electron chi connectivity index (χ3n) is 3.38. The second kappa shape index (κ2) is 8.03. The van der Waals surface area contributed by atoms with E-state index in [1.54, 1.807) is 19.9 Å². The summed E-state index contributed by atoms with van der Waals surface area (Å²) in [7, 11) is 0. The van der Waals surface area contributed by atoms with Gasteiger partial charge in [0.1, 0.15) is 5.75 Å². The summed E-state index contributed by atoms with van der Waals surface area (Å²) in [5, 5.41) is 12.4. The largest absolute Gasteiger partial charge is 0.481 e. The van der Waals surface area contributed by atoms with Crippen LogP contribution in [0, 0.1) is 12.8 Å². The van der Waals surface area contributed by atoms with Crippen LogP contribution in [-0.2, 0) is 4.79 Å². The zero-order valence-corrected chi connectivity index (χ0v) is 13.6. The van der Waals surface area contributed by atoms with Gasteiger partial charge in [-0.15, -0.1) is 0 Å². The van der Waals surface area contributed by atoms with E-state index in [0.717, 1.165) is 17.5 Å². The molecule has 0 saturated heterocycles. The topological polar surface area (TPSA) is 58.6 Å². The molecule has 4 nitrogen and oxygen atoms in total. The van der Waals surface area contributed by atoms with Gasteiger partial charge in [0.25, 0.3) is 5.91 Å². The van der Waals surface area contributed by atoms with Crippen molar-refractivity contribution >= 4 is 5.91 Å². The van der Waals surface area contributed by atoms with E-state index in [1.165, 1.54) is 0 Å². The number of carbonyl (C=O) groups excluding carboxylic acids is 1. The molecule has 1 aromatic carbocycles. The summed E-state index contributed by atoms with van der Waals surface area (Å²) in [5.41, 5.74) is 1.75. The summed E-state index contributed by atoms with van der Waals surface area (Å²) in [4.78, 5) is 11.9. The first-order valence-corrected chi connectivity index (χ1v) is 7.54. The molecule has 0 radical (unpaired) electrons. The average Bonchev–Trinajstić information content (AvgIpc) is 2.40. The van der Waals surface area contributed by atoms with Crippen LogP contribution < -0.4 is 10.1 Å². The molecule has 0 saturated carbocycles. The van der Waals surface area contributed by atoms with Crippen LogP contribution in [-0.4, -0.2) is 23.7 Å². The zero-order chi connectivity index (χ0) is 16.0. The first-order valence-electron chi connectivity index (χ1n) is 7.54. The quantitative estimate of drug-likeness (QED) is 0.812. The first kappa shape index (κ1) is 17.5. The molecule has 0 heterocycles. The maximum Gasteiger partial charge on any atom is 0.260 e. The Morgan fingerprint density at radius 1 is 1.29 bits per heavy atom. The van der Waals surface area contributed by atoms with Gasteiger partial charge >= 0.3 is 0 Å². The molecular formula is C17H27NO3. The van der Waals surface area contributed by atoms with Gasteiger partial charge in [0.05, 0.1) is 6.10 Å². The van der Waals surface area contributed by atoms with Crippen LogP contribution in [0.2, 0.25) is 0 Å². The van der Waals surface area contributed by atoms with Crippen LogP contribution in [0.25, 0.3) is 0 Å². The Balaban J connectivity index is 2.58. The highest BCUT2D eigenvalue weighted by Crippen LogP contribution is 2.23. The van der Waals surface area contributed by atoms with Crippen molar-refractivity contribution in [1.29, 1.82) is 0 Å². The number of benzene rings is 1. The lowest BCUT2D eigenvalue weighted by Gasteiger charge is -2.17. The molecule has 1 rings (SSSR count). The molecular weight excluding hydrogens is 266 g/mol. The van der Waals surface area contributed by atoms with Crippen molar-refractivity contribution < 1.29 is 14.6 Å². The molecule has 0 bridgehead atoms. The van der Waals surface area contributed by atoms with E-state index in [-0.39, 0.29) is 5.91 Å². The van der Waals surface area contributed by atoms with Crippen LogP contribution in [0.1, 0.15) is 51.3 Å². The minimum Gasteiger partial charge on any atom is -0.481 e. The Hall–Kier alpha value is -1.55. The predicted octanol–water partition coefficient (Wildman–Crippen LogP) is 2.98. The second-order valence-corrected chi connectivity index (χ2v) is 5.93. The lowest BCUT2D eigenvalue weighted by Crippen LogP contribution is -2.37. The van der Waals surface area contributed by atoms with Crippen molar-refractivity contribution in [2.75, 3.05) is 6.54 Å². The van der Waals surface area contributed by atoms with Crippen molar-refractivity contribution in [2.24, 2.45) is 5.92 Å². The molecule has 0 aliphatic carbocycles. The van der Waals surface area contributed by atoms with Crippen molar-refractivity contribution in [3.63, 3.8) is 0 Å². The SMILES string of the molecule is Cc1cc(C(C)O)ccc1OC(C)C(=O)NCCC(C)C. The standard InChI is InChI=1S/C17H27NO3/c1-11(2)8-9-18-17(20)14(5)21-16-7-6-15(13(4)19)10-12(16)3/h6-7,10-11,13-14,19H,8-9H2,1-5H3,(H,18,20). The Labute approximate surface area is 127 Å². The van der Waals surface area contributed by atoms with Crippen molar-refractivity contribution in [2.45, 2.75) is 53.2 Å². The fourth-order valence-electron chi connectivity index (χ4n) is 1.94. The fourth-order valence-corrected chi connectivity index (χ4v) is 1.94. The number of aliphatic hydroxyl groups excluding tert-OH is 1. The van der Waals surface area contributed by atoms with Crippen LogP contribution in [0.15, 0.2) is 18.2 Å². The molecule has 0 aliphatic rings. The maximum absolute atomic E-state index is 11.9. The van der Waals surface area contributed by atoms with Crippen molar-refractivity contribution in [3.05, 3.63) is 29.3 Å². The highest BCUT2D eigenvalue weighted by Gasteiger charge is 2.15. The van der Waals surface area contributed by atoms with E-state index in [4.69, 9.17) is 4.74 Å². The lowest BCUT2D eigenvalue weighted by molar-refractivity contribution is -0.127. The summed E-state index contributed by atoms with van der Waals surface area (Å²) >= 11 is 0. The van der Waals surface area contributed by atoms with Crippen LogP contribution >= 0.6 is 0 Å². The average molecular weight is 293 g/mol. The molecule has 0 spiro atoms. The predicted molar refractivity (Wildman–Crippen MR) is 84.4 cm³/mol. The van der Waals surface area contributed by atoms with Crippen LogP contribution in [0.5, 0.6) is 5.75 Å². The van der Waals surface area contributed by atoms with Gasteiger partial charge in [0.2, 0.25) is 0 Å². The van der Waals surface area contributed by atoms with E-state index >= 15 is 0 Å². The number of aliphatic hydroxyl groups is 1. The summed E-state index contributed by atoms with van der Waals surface area (Å²) in [5.74, 6) is 1.14. The molecule has 0 aromatic heterocycles. The molecule has 1 amide bonds. The van der Waals surface area contributed by atoms with Gasteiger partial charge in [0.15, 0.2) is 6.10 Å². The van der Waals surface area contributed by atoms with E-state index in [2.05, 4.69) is 19.2 Å². The van der Waals surface area contributed by atoms with E-state index in [0.29, 0.717) is 18.2 Å². The van der Waals surface area contributed by atoms with Crippen molar-refractivity contribution in [1.82, 2.24) is 5.32 Å². The molecule has 118 valence electrons. The summed E-state index contributed by atoms with van der Waals surface area (Å²) < 4.78 is 5.71. The third kappa shape index (κ3) is 5.76. The van der Waals surface area contributed by atoms with Crippen LogP contribution in [0.3, 0.4) is 0 Å². The van der Waals surface area contributed by atoms with Gasteiger partial charge in [0, 0.05) is 6.54 Å². The van der Waals surface area contributed by atoms with Gasteiger partial charge in [-0.05, 0) is 56.4 Å². The van der Waals surface area contributed by atoms with Gasteiger partial charge in [-0.25, -0.2) is 0 Å². The van der Waals surface area contributed by atoms with Gasteiger partial charge in [-0.2, -0.15) is 0 Å². The summed E-state index contributed by atoms with van der Waals surface area (Å²) in [6.45, 7) is 10.3. The molecule has 4 heteroatoms. The van der Waals surface area contributed by atoms with Gasteiger partial charge in [-0.1, -0.05) is 19.9 Å². The fraction of sp³-hybridized carbons (Fsp3) is 0.588. The Morgan fingerprint density at radius 2 is 1.95 bits per heavy atom. The minimum absolute atomic E-state index is 0.102. The first-order chi connectivity index (χ1) is 9.81. The van der Waals surface area contributed by atoms with Crippen LogP contribution in [0.4, 0.5) is 0 Å². The maximum atomic E-state index is 11.9. The third-order valence-corrected chi connectivity index (χ3v) is 3.38. The normalized spacial score (nSPS) is 13.9. The molecule has 2 N–H and O–H groups in total. The second-order valence-electron chi connectivity index (χ2n) is 5.93. The molecule has 2 atom stereocenters. The summed E-state index contributed by atoms with van der Waals surface area (Å²) in [6.07, 6.45) is -0.0802. The smallest absolute Gasteiger partial charge is 0.260 e. The molecule has 21 heavy (non-hydrogen) atoms.